The molecule has 0 N–H and O–H groups in total. The first kappa shape index (κ1) is 19.0. The number of hydrogen-bond acceptors (Lipinski definition) is 3. The molecule has 0 radical (unpaired) electrons. The molecule has 1 aromatic heterocycles. The van der Waals surface area contributed by atoms with Crippen LogP contribution in [0.4, 0.5) is 13.2 Å². The van der Waals surface area contributed by atoms with Gasteiger partial charge in [-0.25, -0.2) is 13.6 Å². The largest absolute Gasteiger partial charge is 0.486 e. The summed E-state index contributed by atoms with van der Waals surface area (Å²) < 4.78 is 53.0. The lowest BCUT2D eigenvalue weighted by atomic mass is 10.1. The maximum absolute atomic E-state index is 14.7. The van der Waals surface area contributed by atoms with Crippen LogP contribution < -0.4 is 10.4 Å². The second-order valence-electron chi connectivity index (χ2n) is 6.25. The Hall–Kier alpha value is -2.76. The minimum Gasteiger partial charge on any atom is -0.486 e. The van der Waals surface area contributed by atoms with E-state index in [0.717, 1.165) is 6.42 Å². The summed E-state index contributed by atoms with van der Waals surface area (Å²) in [6.07, 6.45) is 1.72. The zero-order valence-corrected chi connectivity index (χ0v) is 15.1. The van der Waals surface area contributed by atoms with Crippen molar-refractivity contribution in [3.05, 3.63) is 75.1 Å². The van der Waals surface area contributed by atoms with E-state index in [1.807, 2.05) is 6.92 Å². The first-order valence-electron chi connectivity index (χ1n) is 8.80. The molecule has 27 heavy (non-hydrogen) atoms. The van der Waals surface area contributed by atoms with Crippen molar-refractivity contribution in [1.82, 2.24) is 0 Å². The number of halogens is 3. The normalized spacial score (nSPS) is 11.1. The second-order valence-corrected chi connectivity index (χ2v) is 6.25. The maximum atomic E-state index is 14.7. The molecule has 0 aliphatic rings. The van der Waals surface area contributed by atoms with Crippen molar-refractivity contribution in [2.75, 3.05) is 0 Å². The lowest BCUT2D eigenvalue weighted by Crippen LogP contribution is -2.08. The van der Waals surface area contributed by atoms with Gasteiger partial charge in [0, 0.05) is 12.0 Å². The molecule has 0 aliphatic heterocycles. The van der Waals surface area contributed by atoms with Gasteiger partial charge < -0.3 is 9.15 Å². The van der Waals surface area contributed by atoms with Crippen LogP contribution >= 0.6 is 0 Å². The molecule has 0 saturated carbocycles. The van der Waals surface area contributed by atoms with Gasteiger partial charge in [0.2, 0.25) is 5.82 Å². The van der Waals surface area contributed by atoms with Gasteiger partial charge in [0.25, 0.3) is 0 Å². The third-order valence-corrected chi connectivity index (χ3v) is 4.39. The Labute approximate surface area is 154 Å². The smallest absolute Gasteiger partial charge is 0.346 e. The van der Waals surface area contributed by atoms with Gasteiger partial charge in [0.15, 0.2) is 11.6 Å². The molecule has 3 aromatic rings. The monoisotopic (exact) mass is 376 g/mol. The molecule has 0 saturated heterocycles. The minimum atomic E-state index is -1.11. The number of benzene rings is 2. The van der Waals surface area contributed by atoms with Gasteiger partial charge in [-0.2, -0.15) is 4.39 Å². The van der Waals surface area contributed by atoms with E-state index in [4.69, 9.17) is 9.15 Å². The van der Waals surface area contributed by atoms with Gasteiger partial charge in [-0.15, -0.1) is 0 Å². The lowest BCUT2D eigenvalue weighted by molar-refractivity contribution is 0.279. The predicted molar refractivity (Wildman–Crippen MR) is 96.5 cm³/mol. The number of hydrogen-bond donors (Lipinski definition) is 0. The standard InChI is InChI=1S/C21H19F3O3/c1-3-5-15-10-13-6-7-14(18(22)17(13)21(25)27-15)11-26-16-9-8-12(4-2)19(23)20(16)24/h6-10H,3-5,11H2,1-2H3. The predicted octanol–water partition coefficient (Wildman–Crippen LogP) is 5.30. The van der Waals surface area contributed by atoms with Gasteiger partial charge in [0.1, 0.15) is 23.6 Å². The third-order valence-electron chi connectivity index (χ3n) is 4.39. The summed E-state index contributed by atoms with van der Waals surface area (Å²) in [7, 11) is 0. The van der Waals surface area contributed by atoms with Crippen molar-refractivity contribution in [1.29, 1.82) is 0 Å². The van der Waals surface area contributed by atoms with E-state index in [1.54, 1.807) is 19.1 Å². The molecule has 142 valence electrons. The van der Waals surface area contributed by atoms with Crippen LogP contribution in [0.25, 0.3) is 10.8 Å². The van der Waals surface area contributed by atoms with E-state index in [9.17, 15) is 18.0 Å². The highest BCUT2D eigenvalue weighted by molar-refractivity contribution is 5.82. The van der Waals surface area contributed by atoms with Crippen molar-refractivity contribution in [2.24, 2.45) is 0 Å². The molecule has 2 aromatic carbocycles. The fourth-order valence-electron chi connectivity index (χ4n) is 2.93. The molecule has 0 aliphatic carbocycles. The van der Waals surface area contributed by atoms with E-state index in [0.29, 0.717) is 24.0 Å². The highest BCUT2D eigenvalue weighted by atomic mass is 19.2. The molecule has 0 fully saturated rings. The minimum absolute atomic E-state index is 0.0532. The summed E-state index contributed by atoms with van der Waals surface area (Å²) in [6.45, 7) is 3.31. The van der Waals surface area contributed by atoms with Gasteiger partial charge in [0.05, 0.1) is 0 Å². The Morgan fingerprint density at radius 3 is 2.41 bits per heavy atom. The van der Waals surface area contributed by atoms with Gasteiger partial charge in [-0.3, -0.25) is 0 Å². The molecule has 6 heteroatoms. The van der Waals surface area contributed by atoms with Crippen molar-refractivity contribution in [3.63, 3.8) is 0 Å². The van der Waals surface area contributed by atoms with Crippen LogP contribution in [0.1, 0.15) is 37.2 Å². The number of ether oxygens (including phenoxy) is 1. The average Bonchev–Trinajstić information content (AvgIpc) is 2.64. The van der Waals surface area contributed by atoms with E-state index < -0.39 is 23.1 Å². The Kier molecular flexibility index (Phi) is 5.54. The van der Waals surface area contributed by atoms with Crippen LogP contribution in [0, 0.1) is 17.5 Å². The van der Waals surface area contributed by atoms with Crippen LogP contribution in [-0.2, 0) is 19.4 Å². The Morgan fingerprint density at radius 2 is 1.70 bits per heavy atom. The summed E-state index contributed by atoms with van der Waals surface area (Å²) in [5.74, 6) is -2.69. The molecular weight excluding hydrogens is 357 g/mol. The van der Waals surface area contributed by atoms with Gasteiger partial charge in [-0.05, 0) is 35.9 Å². The molecule has 0 unspecified atom stereocenters. The molecular formula is C21H19F3O3. The molecule has 0 spiro atoms. The van der Waals surface area contributed by atoms with Crippen LogP contribution in [0.3, 0.4) is 0 Å². The van der Waals surface area contributed by atoms with Gasteiger partial charge in [-0.1, -0.05) is 32.0 Å². The topological polar surface area (TPSA) is 39.4 Å². The molecule has 0 bridgehead atoms. The fourth-order valence-corrected chi connectivity index (χ4v) is 2.93. The fraction of sp³-hybridized carbons (Fsp3) is 0.286. The molecule has 3 rings (SSSR count). The number of rotatable bonds is 6. The number of fused-ring (bicyclic) bond motifs is 1. The molecule has 3 nitrogen and oxygen atoms in total. The Bertz CT molecular complexity index is 1040. The summed E-state index contributed by atoms with van der Waals surface area (Å²) in [5.41, 5.74) is -0.477. The zero-order valence-electron chi connectivity index (χ0n) is 15.1. The quantitative estimate of drug-likeness (QED) is 0.586. The Morgan fingerprint density at radius 1 is 0.963 bits per heavy atom. The summed E-state index contributed by atoms with van der Waals surface area (Å²) in [5, 5.41) is 0.254. The molecule has 0 atom stereocenters. The van der Waals surface area contributed by atoms with Gasteiger partial charge >= 0.3 is 5.63 Å². The SMILES string of the molecule is CCCc1cc2ccc(COc3ccc(CC)c(F)c3F)c(F)c2c(=O)o1. The molecule has 0 amide bonds. The first-order chi connectivity index (χ1) is 13.0. The van der Waals surface area contributed by atoms with Crippen LogP contribution in [0.2, 0.25) is 0 Å². The van der Waals surface area contributed by atoms with Crippen molar-refractivity contribution in [2.45, 2.75) is 39.7 Å². The second kappa shape index (κ2) is 7.86. The van der Waals surface area contributed by atoms with Crippen molar-refractivity contribution < 1.29 is 22.3 Å². The van der Waals surface area contributed by atoms with Crippen LogP contribution in [0.5, 0.6) is 5.75 Å². The summed E-state index contributed by atoms with van der Waals surface area (Å²) >= 11 is 0. The summed E-state index contributed by atoms with van der Waals surface area (Å²) in [4.78, 5) is 12.1. The Balaban J connectivity index is 1.91. The third kappa shape index (κ3) is 3.70. The van der Waals surface area contributed by atoms with E-state index in [1.165, 1.54) is 18.2 Å². The van der Waals surface area contributed by atoms with E-state index in [2.05, 4.69) is 0 Å². The van der Waals surface area contributed by atoms with Crippen molar-refractivity contribution >= 4 is 10.8 Å². The van der Waals surface area contributed by atoms with Crippen LogP contribution in [0.15, 0.2) is 39.5 Å². The summed E-state index contributed by atoms with van der Waals surface area (Å²) in [6, 6.07) is 7.41. The first-order valence-corrected chi connectivity index (χ1v) is 8.80. The van der Waals surface area contributed by atoms with E-state index >= 15 is 0 Å². The number of aryl methyl sites for hydroxylation is 2. The highest BCUT2D eigenvalue weighted by Gasteiger charge is 2.17. The van der Waals surface area contributed by atoms with Crippen LogP contribution in [-0.4, -0.2) is 0 Å². The molecule has 1 heterocycles. The highest BCUT2D eigenvalue weighted by Crippen LogP contribution is 2.26. The zero-order chi connectivity index (χ0) is 19.6. The van der Waals surface area contributed by atoms with E-state index in [-0.39, 0.29) is 28.9 Å². The lowest BCUT2D eigenvalue weighted by Gasteiger charge is -2.11. The average molecular weight is 376 g/mol. The van der Waals surface area contributed by atoms with Crippen molar-refractivity contribution in [3.8, 4) is 5.75 Å². The maximum Gasteiger partial charge on any atom is 0.346 e.